The van der Waals surface area contributed by atoms with Crippen LogP contribution in [-0.2, 0) is 12.8 Å². The number of halogens is 1. The van der Waals surface area contributed by atoms with Crippen LogP contribution in [0.3, 0.4) is 0 Å². The van der Waals surface area contributed by atoms with Crippen molar-refractivity contribution in [2.75, 3.05) is 5.73 Å². The molecule has 5 heteroatoms. The zero-order valence-electron chi connectivity index (χ0n) is 10.0. The largest absolute Gasteiger partial charge is 0.383 e. The summed E-state index contributed by atoms with van der Waals surface area (Å²) in [6, 6.07) is 6.38. The summed E-state index contributed by atoms with van der Waals surface area (Å²) in [5.74, 6) is 0.269. The summed E-state index contributed by atoms with van der Waals surface area (Å²) in [7, 11) is 0. The van der Waals surface area contributed by atoms with Crippen molar-refractivity contribution >= 4 is 5.82 Å². The highest BCUT2D eigenvalue weighted by Gasteiger charge is 2.09. The van der Waals surface area contributed by atoms with E-state index in [0.717, 1.165) is 0 Å². The van der Waals surface area contributed by atoms with Crippen LogP contribution < -0.4 is 11.3 Å². The van der Waals surface area contributed by atoms with Crippen LogP contribution in [-0.4, -0.2) is 9.97 Å². The molecule has 1 heterocycles. The van der Waals surface area contributed by atoms with Gasteiger partial charge in [-0.1, -0.05) is 25.1 Å². The van der Waals surface area contributed by atoms with Gasteiger partial charge in [-0.15, -0.1) is 0 Å². The number of hydrogen-bond donors (Lipinski definition) is 2. The van der Waals surface area contributed by atoms with Gasteiger partial charge < -0.3 is 10.7 Å². The number of aromatic amines is 1. The molecule has 0 aliphatic carbocycles. The normalized spacial score (nSPS) is 10.6. The third-order valence-electron chi connectivity index (χ3n) is 2.77. The maximum absolute atomic E-state index is 13.5. The molecule has 0 atom stereocenters. The predicted octanol–water partition coefficient (Wildman–Crippen LogP) is 1.64. The summed E-state index contributed by atoms with van der Waals surface area (Å²) in [6.45, 7) is 1.83. The minimum Gasteiger partial charge on any atom is -0.383 e. The van der Waals surface area contributed by atoms with Crippen molar-refractivity contribution in [3.63, 3.8) is 0 Å². The Labute approximate surface area is 104 Å². The summed E-state index contributed by atoms with van der Waals surface area (Å²) in [4.78, 5) is 18.4. The highest BCUT2D eigenvalue weighted by molar-refractivity contribution is 5.38. The fourth-order valence-corrected chi connectivity index (χ4v) is 1.81. The van der Waals surface area contributed by atoms with E-state index in [1.807, 2.05) is 6.92 Å². The molecule has 0 spiro atoms. The van der Waals surface area contributed by atoms with E-state index in [4.69, 9.17) is 5.73 Å². The molecule has 0 saturated carbocycles. The Morgan fingerprint density at radius 3 is 2.72 bits per heavy atom. The SMILES string of the molecule is CCc1c(N)nc(Cc2ccccc2F)[nH]c1=O. The Morgan fingerprint density at radius 2 is 2.11 bits per heavy atom. The maximum Gasteiger partial charge on any atom is 0.256 e. The van der Waals surface area contributed by atoms with Crippen molar-refractivity contribution in [3.8, 4) is 0 Å². The summed E-state index contributed by atoms with van der Waals surface area (Å²) in [5, 5.41) is 0. The minimum absolute atomic E-state index is 0.215. The van der Waals surface area contributed by atoms with E-state index >= 15 is 0 Å². The first kappa shape index (κ1) is 12.3. The second-order valence-electron chi connectivity index (χ2n) is 4.00. The van der Waals surface area contributed by atoms with Gasteiger partial charge in [-0.05, 0) is 18.1 Å². The lowest BCUT2D eigenvalue weighted by Gasteiger charge is -2.06. The molecular weight excluding hydrogens is 233 g/mol. The number of nitrogen functional groups attached to an aromatic ring is 1. The Hall–Kier alpha value is -2.17. The van der Waals surface area contributed by atoms with Gasteiger partial charge in [0.2, 0.25) is 0 Å². The molecule has 0 saturated heterocycles. The van der Waals surface area contributed by atoms with Crippen LogP contribution in [0.1, 0.15) is 23.9 Å². The van der Waals surface area contributed by atoms with E-state index in [1.54, 1.807) is 18.2 Å². The topological polar surface area (TPSA) is 71.8 Å². The van der Waals surface area contributed by atoms with Crippen LogP contribution in [0.4, 0.5) is 10.2 Å². The van der Waals surface area contributed by atoms with Gasteiger partial charge in [-0.25, -0.2) is 9.37 Å². The summed E-state index contributed by atoms with van der Waals surface area (Å²) >= 11 is 0. The highest BCUT2D eigenvalue weighted by Crippen LogP contribution is 2.11. The van der Waals surface area contributed by atoms with Crippen molar-refractivity contribution in [2.45, 2.75) is 19.8 Å². The van der Waals surface area contributed by atoms with E-state index in [9.17, 15) is 9.18 Å². The molecule has 0 bridgehead atoms. The van der Waals surface area contributed by atoms with Crippen molar-refractivity contribution in [3.05, 3.63) is 57.4 Å². The molecule has 2 aromatic rings. The van der Waals surface area contributed by atoms with Crippen LogP contribution in [0.5, 0.6) is 0 Å². The van der Waals surface area contributed by atoms with Crippen LogP contribution in [0, 0.1) is 5.82 Å². The minimum atomic E-state index is -0.321. The number of H-pyrrole nitrogens is 1. The Balaban J connectivity index is 2.37. The van der Waals surface area contributed by atoms with Crippen molar-refractivity contribution in [1.82, 2.24) is 9.97 Å². The lowest BCUT2D eigenvalue weighted by molar-refractivity contribution is 0.612. The monoisotopic (exact) mass is 247 g/mol. The molecule has 18 heavy (non-hydrogen) atoms. The fraction of sp³-hybridized carbons (Fsp3) is 0.231. The molecule has 3 N–H and O–H groups in total. The van der Waals surface area contributed by atoms with Crippen LogP contribution >= 0.6 is 0 Å². The van der Waals surface area contributed by atoms with Crippen LogP contribution in [0.15, 0.2) is 29.1 Å². The number of anilines is 1. The smallest absolute Gasteiger partial charge is 0.256 e. The number of nitrogens with one attached hydrogen (secondary N) is 1. The lowest BCUT2D eigenvalue weighted by atomic mass is 10.1. The molecular formula is C13H14FN3O. The van der Waals surface area contributed by atoms with Crippen molar-refractivity contribution in [1.29, 1.82) is 0 Å². The Kier molecular flexibility index (Phi) is 3.41. The molecule has 0 aliphatic rings. The molecule has 4 nitrogen and oxygen atoms in total. The van der Waals surface area contributed by atoms with Gasteiger partial charge in [0.25, 0.3) is 5.56 Å². The highest BCUT2D eigenvalue weighted by atomic mass is 19.1. The zero-order chi connectivity index (χ0) is 13.1. The zero-order valence-corrected chi connectivity index (χ0v) is 10.0. The van der Waals surface area contributed by atoms with Crippen molar-refractivity contribution < 1.29 is 4.39 Å². The fourth-order valence-electron chi connectivity index (χ4n) is 1.81. The van der Waals surface area contributed by atoms with Gasteiger partial charge >= 0.3 is 0 Å². The average Bonchev–Trinajstić information content (AvgIpc) is 2.32. The van der Waals surface area contributed by atoms with Crippen LogP contribution in [0.2, 0.25) is 0 Å². The summed E-state index contributed by atoms with van der Waals surface area (Å²) in [5.41, 5.74) is 6.39. The number of benzene rings is 1. The number of nitrogens with two attached hydrogens (primary N) is 1. The van der Waals surface area contributed by atoms with Crippen molar-refractivity contribution in [2.24, 2.45) is 0 Å². The number of hydrogen-bond acceptors (Lipinski definition) is 3. The molecule has 0 aliphatic heterocycles. The standard InChI is InChI=1S/C13H14FN3O/c1-2-9-12(15)16-11(17-13(9)18)7-8-5-3-4-6-10(8)14/h3-6H,2,7H2,1H3,(H3,15,16,17,18). The molecule has 1 aromatic carbocycles. The molecule has 2 rings (SSSR count). The van der Waals surface area contributed by atoms with Gasteiger partial charge in [0.15, 0.2) is 0 Å². The number of rotatable bonds is 3. The molecule has 0 radical (unpaired) electrons. The van der Waals surface area contributed by atoms with E-state index in [1.165, 1.54) is 6.07 Å². The predicted molar refractivity (Wildman–Crippen MR) is 67.9 cm³/mol. The molecule has 0 fully saturated rings. The third-order valence-corrected chi connectivity index (χ3v) is 2.77. The quantitative estimate of drug-likeness (QED) is 0.866. The first-order chi connectivity index (χ1) is 8.61. The number of aromatic nitrogens is 2. The lowest BCUT2D eigenvalue weighted by Crippen LogP contribution is -2.19. The van der Waals surface area contributed by atoms with E-state index in [2.05, 4.69) is 9.97 Å². The van der Waals surface area contributed by atoms with Gasteiger partial charge in [-0.2, -0.15) is 0 Å². The van der Waals surface area contributed by atoms with E-state index in [0.29, 0.717) is 23.4 Å². The van der Waals surface area contributed by atoms with Gasteiger partial charge in [-0.3, -0.25) is 4.79 Å². The van der Waals surface area contributed by atoms with Gasteiger partial charge in [0.1, 0.15) is 17.5 Å². The number of nitrogens with zero attached hydrogens (tertiary/aromatic N) is 1. The first-order valence-corrected chi connectivity index (χ1v) is 5.72. The van der Waals surface area contributed by atoms with E-state index in [-0.39, 0.29) is 23.6 Å². The molecule has 94 valence electrons. The first-order valence-electron chi connectivity index (χ1n) is 5.72. The summed E-state index contributed by atoms with van der Waals surface area (Å²) < 4.78 is 13.5. The van der Waals surface area contributed by atoms with Gasteiger partial charge in [0, 0.05) is 6.42 Å². The molecule has 1 aromatic heterocycles. The second-order valence-corrected chi connectivity index (χ2v) is 4.00. The molecule has 0 amide bonds. The third kappa shape index (κ3) is 2.40. The maximum atomic E-state index is 13.5. The summed E-state index contributed by atoms with van der Waals surface area (Å²) in [6.07, 6.45) is 0.740. The Bertz CT molecular complexity index is 622. The second kappa shape index (κ2) is 5.00. The van der Waals surface area contributed by atoms with Gasteiger partial charge in [0.05, 0.1) is 5.56 Å². The molecule has 0 unspecified atom stereocenters. The average molecular weight is 247 g/mol. The van der Waals surface area contributed by atoms with Crippen LogP contribution in [0.25, 0.3) is 0 Å². The Morgan fingerprint density at radius 1 is 1.39 bits per heavy atom. The van der Waals surface area contributed by atoms with E-state index < -0.39 is 0 Å².